The van der Waals surface area contributed by atoms with E-state index in [0.29, 0.717) is 5.92 Å². The molecule has 0 spiro atoms. The molecule has 0 aliphatic heterocycles. The average molecular weight is 262 g/mol. The van der Waals surface area contributed by atoms with Crippen molar-refractivity contribution in [3.63, 3.8) is 0 Å². The van der Waals surface area contributed by atoms with Crippen LogP contribution in [0.4, 0.5) is 0 Å². The highest BCUT2D eigenvalue weighted by atomic mass is 35.5. The summed E-state index contributed by atoms with van der Waals surface area (Å²) in [6.45, 7) is 10.4. The number of rotatable bonds is 5. The predicted octanol–water partition coefficient (Wildman–Crippen LogP) is 1.85. The molecule has 0 aliphatic carbocycles. The lowest BCUT2D eigenvalue weighted by Gasteiger charge is -2.19. The van der Waals surface area contributed by atoms with Crippen LogP contribution in [0.1, 0.15) is 39.0 Å². The molecule has 0 saturated heterocycles. The fourth-order valence-corrected chi connectivity index (χ4v) is 1.61. The normalized spacial score (nSPS) is 13.2. The molecule has 0 aromatic carbocycles. The summed E-state index contributed by atoms with van der Waals surface area (Å²) in [5.74, 6) is 0.296. The molecule has 0 saturated carbocycles. The number of aromatic amines is 1. The first kappa shape index (κ1) is 16.4. The minimum absolute atomic E-state index is 0. The second-order valence-corrected chi connectivity index (χ2v) is 5.44. The van der Waals surface area contributed by atoms with Gasteiger partial charge in [0.2, 0.25) is 0 Å². The van der Waals surface area contributed by atoms with Crippen LogP contribution >= 0.6 is 12.4 Å². The molecule has 100 valence electrons. The van der Waals surface area contributed by atoms with Crippen LogP contribution in [0.25, 0.3) is 0 Å². The predicted molar refractivity (Wildman–Crippen MR) is 72.5 cm³/mol. The quantitative estimate of drug-likeness (QED) is 0.758. The van der Waals surface area contributed by atoms with Gasteiger partial charge in [0.05, 0.1) is 6.20 Å². The molecule has 0 aliphatic rings. The fraction of sp³-hybridized carbons (Fsp3) is 0.750. The van der Waals surface area contributed by atoms with Crippen LogP contribution in [0.15, 0.2) is 6.20 Å². The van der Waals surface area contributed by atoms with Crippen molar-refractivity contribution in [1.82, 2.24) is 15.5 Å². The Balaban J connectivity index is 0.00000256. The number of nitrogens with one attached hydrogen (secondary N) is 2. The summed E-state index contributed by atoms with van der Waals surface area (Å²) < 4.78 is 0. The zero-order valence-electron chi connectivity index (χ0n) is 11.1. The molecule has 1 atom stereocenters. The van der Waals surface area contributed by atoms with Gasteiger partial charge in [-0.25, -0.2) is 0 Å². The van der Waals surface area contributed by atoms with Crippen molar-refractivity contribution in [2.24, 2.45) is 5.92 Å². The molecule has 0 fully saturated rings. The molecule has 0 amide bonds. The van der Waals surface area contributed by atoms with Crippen LogP contribution in [0.3, 0.4) is 0 Å². The van der Waals surface area contributed by atoms with Crippen molar-refractivity contribution in [3.05, 3.63) is 17.5 Å². The molecular formula is C12H24ClN3O. The van der Waals surface area contributed by atoms with E-state index >= 15 is 0 Å². The van der Waals surface area contributed by atoms with Gasteiger partial charge in [-0.1, -0.05) is 27.7 Å². The van der Waals surface area contributed by atoms with Crippen molar-refractivity contribution < 1.29 is 5.11 Å². The van der Waals surface area contributed by atoms with E-state index in [9.17, 15) is 0 Å². The van der Waals surface area contributed by atoms with E-state index in [-0.39, 0.29) is 24.4 Å². The standard InChI is InChI=1S/C12H23N3O.ClH/c1-9(8-16)5-13-6-10-7-14-15-11(10)12(2,3)4;/h7,9,13,16H,5-6,8H2,1-4H3,(H,14,15);1H. The van der Waals surface area contributed by atoms with Gasteiger partial charge in [-0.2, -0.15) is 5.10 Å². The van der Waals surface area contributed by atoms with E-state index in [4.69, 9.17) is 5.11 Å². The first-order valence-electron chi connectivity index (χ1n) is 5.79. The SMILES string of the molecule is CC(CO)CNCc1cn[nH]c1C(C)(C)C.Cl. The molecule has 1 heterocycles. The Morgan fingerprint density at radius 3 is 2.65 bits per heavy atom. The highest BCUT2D eigenvalue weighted by Crippen LogP contribution is 2.23. The topological polar surface area (TPSA) is 60.9 Å². The second kappa shape index (κ2) is 6.99. The molecule has 1 unspecified atom stereocenters. The van der Waals surface area contributed by atoms with Crippen LogP contribution in [0, 0.1) is 5.92 Å². The molecule has 4 nitrogen and oxygen atoms in total. The maximum Gasteiger partial charge on any atom is 0.0535 e. The molecule has 1 rings (SSSR count). The molecule has 3 N–H and O–H groups in total. The molecule has 0 radical (unpaired) electrons. The van der Waals surface area contributed by atoms with E-state index in [1.807, 2.05) is 13.1 Å². The highest BCUT2D eigenvalue weighted by Gasteiger charge is 2.19. The molecule has 1 aromatic heterocycles. The Morgan fingerprint density at radius 1 is 1.47 bits per heavy atom. The van der Waals surface area contributed by atoms with E-state index in [0.717, 1.165) is 13.1 Å². The lowest BCUT2D eigenvalue weighted by atomic mass is 9.89. The summed E-state index contributed by atoms with van der Waals surface area (Å²) in [6.07, 6.45) is 1.87. The summed E-state index contributed by atoms with van der Waals surface area (Å²) >= 11 is 0. The van der Waals surface area contributed by atoms with Crippen molar-refractivity contribution in [2.75, 3.05) is 13.2 Å². The molecular weight excluding hydrogens is 238 g/mol. The molecule has 0 bridgehead atoms. The highest BCUT2D eigenvalue weighted by molar-refractivity contribution is 5.85. The van der Waals surface area contributed by atoms with Gasteiger partial charge >= 0.3 is 0 Å². The monoisotopic (exact) mass is 261 g/mol. The Kier molecular flexibility index (Phi) is 6.75. The Bertz CT molecular complexity index is 320. The minimum Gasteiger partial charge on any atom is -0.396 e. The second-order valence-electron chi connectivity index (χ2n) is 5.44. The van der Waals surface area contributed by atoms with Gasteiger partial charge in [0.25, 0.3) is 0 Å². The van der Waals surface area contributed by atoms with Gasteiger partial charge in [0, 0.05) is 36.4 Å². The number of hydrogen-bond donors (Lipinski definition) is 3. The van der Waals surface area contributed by atoms with Crippen LogP contribution in [-0.2, 0) is 12.0 Å². The molecule has 17 heavy (non-hydrogen) atoms. The minimum atomic E-state index is 0. The van der Waals surface area contributed by atoms with Crippen LogP contribution in [-0.4, -0.2) is 28.5 Å². The van der Waals surface area contributed by atoms with E-state index in [2.05, 4.69) is 36.3 Å². The first-order valence-corrected chi connectivity index (χ1v) is 5.79. The van der Waals surface area contributed by atoms with Crippen molar-refractivity contribution >= 4 is 12.4 Å². The summed E-state index contributed by atoms with van der Waals surface area (Å²) in [5, 5.41) is 19.4. The largest absolute Gasteiger partial charge is 0.396 e. The maximum atomic E-state index is 8.92. The van der Waals surface area contributed by atoms with Crippen molar-refractivity contribution in [1.29, 1.82) is 0 Å². The van der Waals surface area contributed by atoms with Gasteiger partial charge in [0.1, 0.15) is 0 Å². The Labute approximate surface area is 110 Å². The fourth-order valence-electron chi connectivity index (χ4n) is 1.61. The smallest absolute Gasteiger partial charge is 0.0535 e. The lowest BCUT2D eigenvalue weighted by Crippen LogP contribution is -2.24. The van der Waals surface area contributed by atoms with Gasteiger partial charge in [0.15, 0.2) is 0 Å². The summed E-state index contributed by atoms with van der Waals surface area (Å²) in [5.41, 5.74) is 2.48. The number of H-pyrrole nitrogens is 1. The van der Waals surface area contributed by atoms with Crippen molar-refractivity contribution in [2.45, 2.75) is 39.7 Å². The van der Waals surface area contributed by atoms with Crippen LogP contribution < -0.4 is 5.32 Å². The van der Waals surface area contributed by atoms with Gasteiger partial charge in [-0.15, -0.1) is 12.4 Å². The number of aliphatic hydroxyl groups excluding tert-OH is 1. The maximum absolute atomic E-state index is 8.92. The number of aliphatic hydroxyl groups is 1. The zero-order chi connectivity index (χ0) is 12.2. The van der Waals surface area contributed by atoms with Crippen molar-refractivity contribution in [3.8, 4) is 0 Å². The average Bonchev–Trinajstić information content (AvgIpc) is 2.65. The third kappa shape index (κ3) is 5.06. The third-order valence-corrected chi connectivity index (χ3v) is 2.59. The summed E-state index contributed by atoms with van der Waals surface area (Å²) in [6, 6.07) is 0. The summed E-state index contributed by atoms with van der Waals surface area (Å²) in [7, 11) is 0. The van der Waals surface area contributed by atoms with E-state index < -0.39 is 0 Å². The van der Waals surface area contributed by atoms with Crippen LogP contribution in [0.5, 0.6) is 0 Å². The Morgan fingerprint density at radius 2 is 2.12 bits per heavy atom. The molecule has 1 aromatic rings. The van der Waals surface area contributed by atoms with Gasteiger partial charge < -0.3 is 10.4 Å². The Hall–Kier alpha value is -0.580. The first-order chi connectivity index (χ1) is 7.45. The lowest BCUT2D eigenvalue weighted by molar-refractivity contribution is 0.233. The zero-order valence-corrected chi connectivity index (χ0v) is 11.9. The number of halogens is 1. The third-order valence-electron chi connectivity index (χ3n) is 2.59. The molecule has 5 heteroatoms. The number of hydrogen-bond acceptors (Lipinski definition) is 3. The van der Waals surface area contributed by atoms with Gasteiger partial charge in [-0.05, 0) is 5.92 Å². The van der Waals surface area contributed by atoms with Crippen LogP contribution in [0.2, 0.25) is 0 Å². The van der Waals surface area contributed by atoms with E-state index in [1.54, 1.807) is 0 Å². The summed E-state index contributed by atoms with van der Waals surface area (Å²) in [4.78, 5) is 0. The van der Waals surface area contributed by atoms with Gasteiger partial charge in [-0.3, -0.25) is 5.10 Å². The number of nitrogens with zero attached hydrogens (tertiary/aromatic N) is 1. The number of aromatic nitrogens is 2. The van der Waals surface area contributed by atoms with E-state index in [1.165, 1.54) is 11.3 Å².